The van der Waals surface area contributed by atoms with E-state index in [9.17, 15) is 4.79 Å². The van der Waals surface area contributed by atoms with Crippen molar-refractivity contribution in [2.24, 2.45) is 0 Å². The Morgan fingerprint density at radius 2 is 2.62 bits per heavy atom. The maximum atomic E-state index is 9.78. The lowest BCUT2D eigenvalue weighted by Gasteiger charge is -2.04. The van der Waals surface area contributed by atoms with Crippen molar-refractivity contribution in [3.8, 4) is 0 Å². The second-order valence-electron chi connectivity index (χ2n) is 1.70. The van der Waals surface area contributed by atoms with Crippen LogP contribution in [0.3, 0.4) is 0 Å². The van der Waals surface area contributed by atoms with Crippen LogP contribution in [0.25, 0.3) is 0 Å². The molecule has 1 aliphatic rings. The van der Waals surface area contributed by atoms with E-state index in [0.29, 0.717) is 6.41 Å². The minimum atomic E-state index is 0.132. The van der Waals surface area contributed by atoms with E-state index >= 15 is 0 Å². The summed E-state index contributed by atoms with van der Waals surface area (Å²) in [7, 11) is 0. The lowest BCUT2D eigenvalue weighted by Crippen LogP contribution is -2.40. The van der Waals surface area contributed by atoms with Crippen molar-refractivity contribution >= 4 is 6.41 Å². The van der Waals surface area contributed by atoms with Crippen molar-refractivity contribution < 1.29 is 4.79 Å². The lowest BCUT2D eigenvalue weighted by atomic mass is 10.4. The molecule has 46 valence electrons. The molecular formula is C4H9N3O. The molecule has 4 heteroatoms. The van der Waals surface area contributed by atoms with Crippen LogP contribution >= 0.6 is 0 Å². The van der Waals surface area contributed by atoms with Gasteiger partial charge in [0.2, 0.25) is 6.41 Å². The summed E-state index contributed by atoms with van der Waals surface area (Å²) in [5.74, 6) is 0. The largest absolute Gasteiger partial charge is 0.342 e. The van der Waals surface area contributed by atoms with Gasteiger partial charge in [0.1, 0.15) is 0 Å². The van der Waals surface area contributed by atoms with Crippen LogP contribution in [0.1, 0.15) is 6.42 Å². The zero-order chi connectivity index (χ0) is 5.82. The van der Waals surface area contributed by atoms with Crippen LogP contribution in [0.5, 0.6) is 0 Å². The first-order chi connectivity index (χ1) is 3.93. The topological polar surface area (TPSA) is 53.2 Å². The number of carbonyl (C=O) groups excluding carboxylic acids is 1. The molecule has 1 rings (SSSR count). The Kier molecular flexibility index (Phi) is 1.82. The fourth-order valence-electron chi connectivity index (χ4n) is 0.691. The number of hydrogen-bond donors (Lipinski definition) is 3. The summed E-state index contributed by atoms with van der Waals surface area (Å²) in [5.41, 5.74) is 5.75. The fourth-order valence-corrected chi connectivity index (χ4v) is 0.691. The van der Waals surface area contributed by atoms with Crippen LogP contribution in [0, 0.1) is 0 Å². The standard InChI is InChI=1S/C4H9N3O/c8-3-5-4-1-2-6-7-4/h3-4,6-7H,1-2H2,(H,5,8). The summed E-state index contributed by atoms with van der Waals surface area (Å²) in [4.78, 5) is 9.78. The molecule has 4 nitrogen and oxygen atoms in total. The van der Waals surface area contributed by atoms with E-state index in [1.54, 1.807) is 0 Å². The van der Waals surface area contributed by atoms with E-state index in [-0.39, 0.29) is 6.17 Å². The Bertz CT molecular complexity index is 79.4. The van der Waals surface area contributed by atoms with Gasteiger partial charge in [-0.3, -0.25) is 10.2 Å². The Labute approximate surface area is 47.6 Å². The summed E-state index contributed by atoms with van der Waals surface area (Å²) in [6.07, 6.45) is 1.79. The molecule has 0 saturated carbocycles. The summed E-state index contributed by atoms with van der Waals surface area (Å²) >= 11 is 0. The molecule has 1 fully saturated rings. The van der Waals surface area contributed by atoms with Gasteiger partial charge in [0.05, 0.1) is 6.17 Å². The van der Waals surface area contributed by atoms with E-state index in [1.165, 1.54) is 0 Å². The minimum Gasteiger partial charge on any atom is -0.342 e. The number of rotatable bonds is 2. The van der Waals surface area contributed by atoms with Gasteiger partial charge in [0.15, 0.2) is 0 Å². The van der Waals surface area contributed by atoms with Gasteiger partial charge in [-0.2, -0.15) is 0 Å². The maximum absolute atomic E-state index is 9.78. The summed E-state index contributed by atoms with van der Waals surface area (Å²) in [6.45, 7) is 0.922. The van der Waals surface area contributed by atoms with Crippen molar-refractivity contribution in [3.63, 3.8) is 0 Å². The van der Waals surface area contributed by atoms with Crippen molar-refractivity contribution in [1.29, 1.82) is 0 Å². The van der Waals surface area contributed by atoms with Crippen molar-refractivity contribution in [1.82, 2.24) is 16.2 Å². The van der Waals surface area contributed by atoms with Crippen molar-refractivity contribution in [2.45, 2.75) is 12.6 Å². The second kappa shape index (κ2) is 2.64. The molecule has 3 N–H and O–H groups in total. The van der Waals surface area contributed by atoms with E-state index in [2.05, 4.69) is 16.2 Å². The Hall–Kier alpha value is -0.610. The molecule has 0 radical (unpaired) electrons. The first-order valence-corrected chi connectivity index (χ1v) is 2.61. The molecule has 1 unspecified atom stereocenters. The summed E-state index contributed by atoms with van der Waals surface area (Å²) < 4.78 is 0. The highest BCUT2D eigenvalue weighted by Crippen LogP contribution is 1.87. The van der Waals surface area contributed by atoms with Crippen molar-refractivity contribution in [2.75, 3.05) is 6.54 Å². The fraction of sp³-hybridized carbons (Fsp3) is 0.750. The maximum Gasteiger partial charge on any atom is 0.208 e. The normalized spacial score (nSPS) is 27.8. The van der Waals surface area contributed by atoms with Gasteiger partial charge in [-0.1, -0.05) is 0 Å². The number of hydrogen-bond acceptors (Lipinski definition) is 3. The zero-order valence-corrected chi connectivity index (χ0v) is 4.48. The molecule has 0 aromatic carbocycles. The molecule has 0 aromatic rings. The molecule has 0 aliphatic carbocycles. The molecule has 1 amide bonds. The van der Waals surface area contributed by atoms with Gasteiger partial charge in [-0.25, -0.2) is 5.43 Å². The number of amides is 1. The SMILES string of the molecule is O=CNC1CCNN1. The van der Waals surface area contributed by atoms with Gasteiger partial charge in [-0.05, 0) is 6.42 Å². The van der Waals surface area contributed by atoms with Crippen LogP contribution in [-0.4, -0.2) is 19.1 Å². The molecule has 0 aromatic heterocycles. The molecule has 1 atom stereocenters. The number of nitrogens with one attached hydrogen (secondary N) is 3. The first-order valence-electron chi connectivity index (χ1n) is 2.61. The third-order valence-electron chi connectivity index (χ3n) is 1.10. The van der Waals surface area contributed by atoms with Crippen LogP contribution in [-0.2, 0) is 4.79 Å². The Morgan fingerprint density at radius 3 is 3.12 bits per heavy atom. The van der Waals surface area contributed by atoms with Gasteiger partial charge in [0, 0.05) is 6.54 Å². The number of hydrazine groups is 1. The van der Waals surface area contributed by atoms with Crippen LogP contribution in [0.2, 0.25) is 0 Å². The van der Waals surface area contributed by atoms with Gasteiger partial charge < -0.3 is 5.32 Å². The van der Waals surface area contributed by atoms with E-state index in [4.69, 9.17) is 0 Å². The Balaban J connectivity index is 2.14. The third kappa shape index (κ3) is 1.18. The molecule has 1 aliphatic heterocycles. The monoisotopic (exact) mass is 115 g/mol. The summed E-state index contributed by atoms with van der Waals surface area (Å²) in [5, 5.41) is 2.59. The molecular weight excluding hydrogens is 106 g/mol. The lowest BCUT2D eigenvalue weighted by molar-refractivity contribution is -0.110. The second-order valence-corrected chi connectivity index (χ2v) is 1.70. The van der Waals surface area contributed by atoms with Crippen molar-refractivity contribution in [3.05, 3.63) is 0 Å². The molecule has 1 heterocycles. The quantitative estimate of drug-likeness (QED) is 0.386. The molecule has 0 spiro atoms. The highest BCUT2D eigenvalue weighted by molar-refractivity contribution is 5.46. The minimum absolute atomic E-state index is 0.132. The highest BCUT2D eigenvalue weighted by Gasteiger charge is 2.10. The highest BCUT2D eigenvalue weighted by atomic mass is 16.1. The van der Waals surface area contributed by atoms with Gasteiger partial charge in [-0.15, -0.1) is 0 Å². The average Bonchev–Trinajstić information content (AvgIpc) is 2.19. The Morgan fingerprint density at radius 1 is 1.75 bits per heavy atom. The van der Waals surface area contributed by atoms with Gasteiger partial charge >= 0.3 is 0 Å². The van der Waals surface area contributed by atoms with Gasteiger partial charge in [0.25, 0.3) is 0 Å². The van der Waals surface area contributed by atoms with E-state index < -0.39 is 0 Å². The van der Waals surface area contributed by atoms with Crippen LogP contribution < -0.4 is 16.2 Å². The predicted octanol–water partition coefficient (Wildman–Crippen LogP) is -1.44. The molecule has 1 saturated heterocycles. The smallest absolute Gasteiger partial charge is 0.208 e. The zero-order valence-electron chi connectivity index (χ0n) is 4.48. The van der Waals surface area contributed by atoms with E-state index in [1.807, 2.05) is 0 Å². The van der Waals surface area contributed by atoms with Crippen LogP contribution in [0.15, 0.2) is 0 Å². The summed E-state index contributed by atoms with van der Waals surface area (Å²) in [6, 6.07) is 0. The first kappa shape index (κ1) is 5.53. The third-order valence-corrected chi connectivity index (χ3v) is 1.10. The van der Waals surface area contributed by atoms with Crippen LogP contribution in [0.4, 0.5) is 0 Å². The predicted molar refractivity (Wildman–Crippen MR) is 28.7 cm³/mol. The average molecular weight is 115 g/mol. The molecule has 0 bridgehead atoms. The molecule has 8 heavy (non-hydrogen) atoms. The van der Waals surface area contributed by atoms with E-state index in [0.717, 1.165) is 13.0 Å². The number of carbonyl (C=O) groups is 1.